The fraction of sp³-hybridized carbons (Fsp3) is 0.526. The lowest BCUT2D eigenvalue weighted by atomic mass is 10.2. The van der Waals surface area contributed by atoms with Crippen molar-refractivity contribution in [2.24, 2.45) is 4.99 Å². The van der Waals surface area contributed by atoms with Crippen LogP contribution in [0.3, 0.4) is 0 Å². The third-order valence-electron chi connectivity index (χ3n) is 4.20. The highest BCUT2D eigenvalue weighted by Crippen LogP contribution is 2.15. The maximum absolute atomic E-state index is 11.4. The third-order valence-corrected chi connectivity index (χ3v) is 5.60. The van der Waals surface area contributed by atoms with Crippen LogP contribution >= 0.6 is 24.0 Å². The molecule has 9 heteroatoms. The first-order chi connectivity index (χ1) is 13.1. The summed E-state index contributed by atoms with van der Waals surface area (Å²) >= 11 is 0. The Morgan fingerprint density at radius 1 is 1.07 bits per heavy atom. The molecule has 0 aliphatic rings. The van der Waals surface area contributed by atoms with E-state index in [-0.39, 0.29) is 29.7 Å². The Balaban J connectivity index is 0.00000392. The van der Waals surface area contributed by atoms with Gasteiger partial charge in [-0.2, -0.15) is 0 Å². The molecule has 28 heavy (non-hydrogen) atoms. The molecule has 0 saturated carbocycles. The lowest BCUT2D eigenvalue weighted by molar-refractivity contribution is 0.579. The molecule has 1 aromatic carbocycles. The van der Waals surface area contributed by atoms with Crippen LogP contribution in [0.25, 0.3) is 10.9 Å². The molecule has 0 spiro atoms. The predicted octanol–water partition coefficient (Wildman–Crippen LogP) is 2.53. The Bertz CT molecular complexity index is 836. The molecule has 158 valence electrons. The van der Waals surface area contributed by atoms with Gasteiger partial charge in [-0.05, 0) is 44.2 Å². The summed E-state index contributed by atoms with van der Waals surface area (Å²) in [6.07, 6.45) is 3.78. The van der Waals surface area contributed by atoms with Gasteiger partial charge in [-0.25, -0.2) is 13.1 Å². The predicted molar refractivity (Wildman–Crippen MR) is 128 cm³/mol. The van der Waals surface area contributed by atoms with Crippen molar-refractivity contribution in [1.29, 1.82) is 0 Å². The molecule has 2 aromatic rings. The van der Waals surface area contributed by atoms with Crippen molar-refractivity contribution in [3.63, 3.8) is 0 Å². The van der Waals surface area contributed by atoms with Crippen LogP contribution in [-0.2, 0) is 16.6 Å². The first-order valence-electron chi connectivity index (χ1n) is 9.59. The van der Waals surface area contributed by atoms with Crippen molar-refractivity contribution >= 4 is 50.9 Å². The molecule has 0 radical (unpaired) electrons. The summed E-state index contributed by atoms with van der Waals surface area (Å²) in [5, 5.41) is 7.72. The van der Waals surface area contributed by atoms with Gasteiger partial charge < -0.3 is 15.2 Å². The largest absolute Gasteiger partial charge is 0.357 e. The fourth-order valence-corrected chi connectivity index (χ4v) is 3.39. The number of fused-ring (bicyclic) bond motifs is 1. The molecule has 0 amide bonds. The van der Waals surface area contributed by atoms with Crippen LogP contribution in [0.5, 0.6) is 0 Å². The average Bonchev–Trinajstić information content (AvgIpc) is 3.08. The first-order valence-corrected chi connectivity index (χ1v) is 11.2. The van der Waals surface area contributed by atoms with Crippen molar-refractivity contribution in [2.75, 3.05) is 31.9 Å². The molecule has 1 aromatic heterocycles. The summed E-state index contributed by atoms with van der Waals surface area (Å²) in [7, 11) is -3.11. The minimum absolute atomic E-state index is 0. The summed E-state index contributed by atoms with van der Waals surface area (Å²) in [6.45, 7) is 7.20. The summed E-state index contributed by atoms with van der Waals surface area (Å²) in [5.41, 5.74) is 1.25. The molecular formula is C19H32IN5O2S. The molecule has 0 fully saturated rings. The van der Waals surface area contributed by atoms with Gasteiger partial charge in [0.15, 0.2) is 5.96 Å². The second-order valence-electron chi connectivity index (χ2n) is 6.26. The number of hydrogen-bond acceptors (Lipinski definition) is 3. The molecule has 0 saturated heterocycles. The van der Waals surface area contributed by atoms with E-state index in [1.807, 2.05) is 6.92 Å². The van der Waals surface area contributed by atoms with Gasteiger partial charge in [0.05, 0.1) is 5.75 Å². The number of nitrogens with one attached hydrogen (secondary N) is 3. The number of rotatable bonds is 11. The Kier molecular flexibility index (Phi) is 11.5. The van der Waals surface area contributed by atoms with Gasteiger partial charge in [0.2, 0.25) is 10.0 Å². The molecular weight excluding hydrogens is 489 g/mol. The van der Waals surface area contributed by atoms with Gasteiger partial charge in [-0.3, -0.25) is 4.99 Å². The van der Waals surface area contributed by atoms with Crippen molar-refractivity contribution in [3.8, 4) is 0 Å². The number of para-hydroxylation sites is 1. The van der Waals surface area contributed by atoms with Gasteiger partial charge >= 0.3 is 0 Å². The van der Waals surface area contributed by atoms with Crippen molar-refractivity contribution in [2.45, 2.75) is 33.2 Å². The van der Waals surface area contributed by atoms with Crippen LogP contribution in [0.2, 0.25) is 0 Å². The summed E-state index contributed by atoms with van der Waals surface area (Å²) in [5.74, 6) is 0.884. The van der Waals surface area contributed by atoms with Crippen LogP contribution < -0.4 is 15.4 Å². The third kappa shape index (κ3) is 8.36. The van der Waals surface area contributed by atoms with E-state index in [0.29, 0.717) is 19.5 Å². The Morgan fingerprint density at radius 2 is 1.86 bits per heavy atom. The van der Waals surface area contributed by atoms with E-state index in [9.17, 15) is 8.42 Å². The number of sulfonamides is 1. The smallest absolute Gasteiger partial charge is 0.211 e. The molecule has 7 nitrogen and oxygen atoms in total. The van der Waals surface area contributed by atoms with Crippen LogP contribution in [0, 0.1) is 0 Å². The molecule has 2 rings (SSSR count). The molecule has 0 aliphatic heterocycles. The number of nitrogens with zero attached hydrogens (tertiary/aromatic N) is 2. The van der Waals surface area contributed by atoms with Crippen LogP contribution in [-0.4, -0.2) is 50.9 Å². The van der Waals surface area contributed by atoms with Crippen LogP contribution in [0.4, 0.5) is 0 Å². The van der Waals surface area contributed by atoms with Gasteiger partial charge in [-0.1, -0.05) is 18.2 Å². The Hall–Kier alpha value is -1.33. The minimum atomic E-state index is -3.11. The highest BCUT2D eigenvalue weighted by molar-refractivity contribution is 14.0. The van der Waals surface area contributed by atoms with E-state index in [0.717, 1.165) is 32.0 Å². The zero-order valence-electron chi connectivity index (χ0n) is 16.6. The summed E-state index contributed by atoms with van der Waals surface area (Å²) < 4.78 is 27.6. The van der Waals surface area contributed by atoms with Gasteiger partial charge in [0.1, 0.15) is 0 Å². The normalized spacial score (nSPS) is 12.0. The number of aryl methyl sites for hydroxylation is 1. The lowest BCUT2D eigenvalue weighted by Gasteiger charge is -2.11. The molecule has 0 bridgehead atoms. The van der Waals surface area contributed by atoms with E-state index in [1.54, 1.807) is 6.92 Å². The topological polar surface area (TPSA) is 87.5 Å². The molecule has 0 unspecified atom stereocenters. The van der Waals surface area contributed by atoms with E-state index in [2.05, 4.69) is 61.4 Å². The maximum Gasteiger partial charge on any atom is 0.211 e. The van der Waals surface area contributed by atoms with Crippen LogP contribution in [0.1, 0.15) is 26.7 Å². The molecule has 1 heterocycles. The van der Waals surface area contributed by atoms with Crippen LogP contribution in [0.15, 0.2) is 41.5 Å². The van der Waals surface area contributed by atoms with Gasteiger partial charge in [0, 0.05) is 44.4 Å². The van der Waals surface area contributed by atoms with Crippen molar-refractivity contribution < 1.29 is 8.42 Å². The Morgan fingerprint density at radius 3 is 2.61 bits per heavy atom. The number of benzene rings is 1. The molecule has 0 atom stereocenters. The minimum Gasteiger partial charge on any atom is -0.357 e. The number of hydrogen-bond donors (Lipinski definition) is 3. The average molecular weight is 521 g/mol. The first kappa shape index (κ1) is 24.7. The van der Waals surface area contributed by atoms with Gasteiger partial charge in [-0.15, -0.1) is 24.0 Å². The maximum atomic E-state index is 11.4. The molecule has 0 aliphatic carbocycles. The fourth-order valence-electron chi connectivity index (χ4n) is 2.73. The number of aliphatic imine (C=N–C) groups is 1. The second-order valence-corrected chi connectivity index (χ2v) is 8.36. The number of halogens is 1. The van der Waals surface area contributed by atoms with E-state index >= 15 is 0 Å². The summed E-state index contributed by atoms with van der Waals surface area (Å²) in [6, 6.07) is 10.5. The number of aromatic nitrogens is 1. The second kappa shape index (κ2) is 13.0. The standard InChI is InChI=1S/C19H31N5O2S.HI/c1-3-20-19(21-12-7-14-23-27(25,26)4-2)22-13-8-15-24-16-11-17-9-5-6-10-18(17)24;/h5-6,9-11,16,23H,3-4,7-8,12-15H2,1-2H3,(H2,20,21,22);1H. The van der Waals surface area contributed by atoms with E-state index < -0.39 is 10.0 Å². The quantitative estimate of drug-likeness (QED) is 0.184. The summed E-state index contributed by atoms with van der Waals surface area (Å²) in [4.78, 5) is 4.60. The molecule has 3 N–H and O–H groups in total. The lowest BCUT2D eigenvalue weighted by Crippen LogP contribution is -2.39. The monoisotopic (exact) mass is 521 g/mol. The van der Waals surface area contributed by atoms with Crippen molar-refractivity contribution in [1.82, 2.24) is 19.9 Å². The van der Waals surface area contributed by atoms with Crippen molar-refractivity contribution in [3.05, 3.63) is 36.5 Å². The van der Waals surface area contributed by atoms with E-state index in [4.69, 9.17) is 0 Å². The zero-order chi connectivity index (χ0) is 19.5. The highest BCUT2D eigenvalue weighted by atomic mass is 127. The van der Waals surface area contributed by atoms with E-state index in [1.165, 1.54) is 10.9 Å². The SMILES string of the molecule is CCNC(=NCCCn1ccc2ccccc21)NCCCNS(=O)(=O)CC.I. The highest BCUT2D eigenvalue weighted by Gasteiger charge is 2.04. The number of guanidine groups is 1. The van der Waals surface area contributed by atoms with Gasteiger partial charge in [0.25, 0.3) is 0 Å². The Labute approximate surface area is 185 Å². The zero-order valence-corrected chi connectivity index (χ0v) is 19.8.